The van der Waals surface area contributed by atoms with Gasteiger partial charge in [0.05, 0.1) is 13.1 Å². The SMILES string of the molecule is CCCCCCC(F)(F)C(F)(F)[C](F)(F)[Al-]([C](F)(F)C(F)(F)C(F)(F)CCCCCC)([C](F)(F)C(F)(F)C(F)(F)CCCCCC)[C](F)(F)C(F)(F)C(F)(F)CCCCCC.CCCCCC[NH+](CC(C)CCC(CC)CCC)c1ccccc1. The molecule has 3 atom stereocenters. The molecule has 0 saturated carbocycles. The molecule has 1 nitrogen and oxygen atoms in total. The molecule has 0 spiro atoms. The highest BCUT2D eigenvalue weighted by molar-refractivity contribution is 6.89. The molecule has 1 rings (SSSR count). The van der Waals surface area contributed by atoms with Crippen LogP contribution in [0.5, 0.6) is 0 Å². The van der Waals surface area contributed by atoms with Gasteiger partial charge in [0, 0.05) is 31.6 Å². The Labute approximate surface area is 491 Å². The smallest absolute Gasteiger partial charge is 0.302 e. The van der Waals surface area contributed by atoms with Crippen LogP contribution in [-0.2, 0) is 0 Å². The van der Waals surface area contributed by atoms with Gasteiger partial charge in [-0.1, -0.05) is 183 Å². The maximum Gasteiger partial charge on any atom is 0.540 e. The number of para-hydroxylation sites is 1. The fraction of sp³-hybridized carbons (Fsp3) is 0.898. The first-order valence-electron chi connectivity index (χ1n) is 30.5. The highest BCUT2D eigenvalue weighted by Gasteiger charge is 3.07. The van der Waals surface area contributed by atoms with Gasteiger partial charge in [-0.3, -0.25) is 35.1 Å². The minimum Gasteiger partial charge on any atom is -0.302 e. The first-order chi connectivity index (χ1) is 38.9. The van der Waals surface area contributed by atoms with E-state index < -0.39 is 157 Å². The largest absolute Gasteiger partial charge is 0.540 e. The maximum absolute atomic E-state index is 16.6. The first-order valence-corrected chi connectivity index (χ1v) is 32.9. The fourth-order valence-electron chi connectivity index (χ4n) is 11.0. The van der Waals surface area contributed by atoms with Crippen molar-refractivity contribution in [2.45, 2.75) is 308 Å². The molecule has 0 aliphatic rings. The Hall–Kier alpha value is -1.97. The van der Waals surface area contributed by atoms with Crippen LogP contribution < -0.4 is 4.90 Å². The molecule has 3 unspecified atom stereocenters. The number of hydrogen-bond acceptors (Lipinski definition) is 0. The Bertz CT molecular complexity index is 1750. The normalized spacial score (nSPS) is 15.4. The molecule has 0 aliphatic heterocycles. The Morgan fingerprint density at radius 1 is 0.341 bits per heavy atom. The number of nitrogens with one attached hydrogen (secondary N) is 1. The van der Waals surface area contributed by atoms with E-state index in [-0.39, 0.29) is 51.4 Å². The van der Waals surface area contributed by atoms with Crippen molar-refractivity contribution in [2.24, 2.45) is 11.8 Å². The third-order valence-corrected chi connectivity index (χ3v) is 22.3. The minimum absolute atomic E-state index is 0.0363. The molecule has 506 valence electrons. The molecule has 0 fully saturated rings. The van der Waals surface area contributed by atoms with Crippen molar-refractivity contribution in [1.82, 2.24) is 0 Å². The average molecular weight is 1300 g/mol. The highest BCUT2D eigenvalue weighted by Crippen LogP contribution is 2.73. The zero-order valence-electron chi connectivity index (χ0n) is 50.6. The van der Waals surface area contributed by atoms with Gasteiger partial charge in [0.1, 0.15) is 5.69 Å². The third-order valence-electron chi connectivity index (χ3n) is 16.5. The Morgan fingerprint density at radius 3 is 0.882 bits per heavy atom. The molecule has 0 saturated heterocycles. The third kappa shape index (κ3) is 19.1. The molecule has 0 heterocycles. The lowest BCUT2D eigenvalue weighted by Gasteiger charge is -2.61. The number of quaternary nitrogens is 1. The van der Waals surface area contributed by atoms with Crippen molar-refractivity contribution in [2.75, 3.05) is 13.1 Å². The summed E-state index contributed by atoms with van der Waals surface area (Å²) in [6.45, 7) is 17.1. The van der Waals surface area contributed by atoms with E-state index in [9.17, 15) is 0 Å². The summed E-state index contributed by atoms with van der Waals surface area (Å²) in [4.78, 5) is -37.2. The van der Waals surface area contributed by atoms with Crippen LogP contribution in [0.4, 0.5) is 111 Å². The molecule has 85 heavy (non-hydrogen) atoms. The molecule has 0 bridgehead atoms. The van der Waals surface area contributed by atoms with E-state index >= 15 is 105 Å². The summed E-state index contributed by atoms with van der Waals surface area (Å²) in [6.07, 6.45) is -10.5. The van der Waals surface area contributed by atoms with Gasteiger partial charge in [-0.15, -0.1) is 0 Å². The summed E-state index contributed by atoms with van der Waals surface area (Å²) in [5.41, 5.74) is 1.49. The summed E-state index contributed by atoms with van der Waals surface area (Å²) in [6, 6.07) is 11.2. The molecule has 26 heteroatoms. The van der Waals surface area contributed by atoms with Gasteiger partial charge < -0.3 is 4.90 Å². The zero-order valence-corrected chi connectivity index (χ0v) is 51.8. The summed E-state index contributed by atoms with van der Waals surface area (Å²) >= 11 is -13.7. The first kappa shape index (κ1) is 83.0. The van der Waals surface area contributed by atoms with Gasteiger partial charge in [0.15, 0.2) is 19.1 Å². The molecule has 0 aromatic heterocycles. The molecule has 1 N–H and O–H groups in total. The van der Waals surface area contributed by atoms with E-state index in [0.29, 0.717) is 0 Å². The second kappa shape index (κ2) is 35.0. The number of alkyl halides is 24. The van der Waals surface area contributed by atoms with Crippen LogP contribution in [0.3, 0.4) is 0 Å². The van der Waals surface area contributed by atoms with Crippen LogP contribution in [0.2, 0.25) is 0 Å². The van der Waals surface area contributed by atoms with Crippen molar-refractivity contribution in [3.8, 4) is 0 Å². The van der Waals surface area contributed by atoms with Crippen LogP contribution in [0, 0.1) is 11.8 Å². The van der Waals surface area contributed by atoms with E-state index in [1.54, 1.807) is 4.90 Å². The van der Waals surface area contributed by atoms with Gasteiger partial charge in [-0.25, -0.2) is 0 Å². The van der Waals surface area contributed by atoms with Gasteiger partial charge in [0.25, 0.3) is 0 Å². The molecule has 1 aromatic rings. The lowest BCUT2D eigenvalue weighted by Crippen LogP contribution is -3.08. The number of benzene rings is 1. The van der Waals surface area contributed by atoms with Crippen molar-refractivity contribution < 1.29 is 110 Å². The summed E-state index contributed by atoms with van der Waals surface area (Å²) in [5.74, 6) is -62.1. The van der Waals surface area contributed by atoms with E-state index in [0.717, 1.165) is 11.8 Å². The average Bonchev–Trinajstić information content (AvgIpc) is 0.670. The second-order valence-corrected chi connectivity index (χ2v) is 28.1. The topological polar surface area (TPSA) is 4.44 Å². The van der Waals surface area contributed by atoms with Crippen molar-refractivity contribution in [3.05, 3.63) is 30.3 Å². The van der Waals surface area contributed by atoms with Gasteiger partial charge >= 0.3 is 60.5 Å². The standard InChI is InChI=1S/C23H41N.4C9H13F6.Al/c1-5-8-9-13-19-24(23-15-11-10-12-16-23)20-21(4)17-18-22(7-3)14-6-2;4*1-2-3-4-5-6-8(12,13)9(14,15)7(10)11;/h10-12,15-16,21-22H,5-9,13-14,17-20H2,1-4H3;4*2-6H2,1H3;/q;;;;;-1/p+1. The molecule has 0 aliphatic carbocycles. The number of rotatable bonds is 46. The van der Waals surface area contributed by atoms with Crippen LogP contribution in [-0.4, -0.2) is 92.7 Å². The number of unbranched alkanes of at least 4 members (excludes halogenated alkanes) is 15. The predicted octanol–water partition coefficient (Wildman–Crippen LogP) is 23.1. The highest BCUT2D eigenvalue weighted by atomic mass is 27.3. The number of hydrogen-bond donors (Lipinski definition) is 1. The van der Waals surface area contributed by atoms with Gasteiger partial charge in [-0.05, 0) is 69.4 Å². The van der Waals surface area contributed by atoms with E-state index in [1.807, 2.05) is 0 Å². The lowest BCUT2D eigenvalue weighted by atomic mass is 9.91. The quantitative estimate of drug-likeness (QED) is 0.0377. The van der Waals surface area contributed by atoms with Crippen molar-refractivity contribution in [3.63, 3.8) is 0 Å². The summed E-state index contributed by atoms with van der Waals surface area (Å²) in [7, 11) is 0. The maximum atomic E-state index is 16.6. The summed E-state index contributed by atoms with van der Waals surface area (Å²) in [5, 5.41) is 0. The molecular formula is C59H94AlF24N. The molecular weight excluding hydrogens is 1210 g/mol. The second-order valence-electron chi connectivity index (χ2n) is 23.4. The van der Waals surface area contributed by atoms with Crippen LogP contribution >= 0.6 is 0 Å². The van der Waals surface area contributed by atoms with E-state index in [1.165, 1.54) is 104 Å². The van der Waals surface area contributed by atoms with Gasteiger partial charge in [0.2, 0.25) is 0 Å². The van der Waals surface area contributed by atoms with Crippen LogP contribution in [0.1, 0.15) is 242 Å². The van der Waals surface area contributed by atoms with Gasteiger partial charge in [-0.2, -0.15) is 70.2 Å². The Balaban J connectivity index is 0.00000243. The van der Waals surface area contributed by atoms with E-state index in [2.05, 4.69) is 58.0 Å². The lowest BCUT2D eigenvalue weighted by molar-refractivity contribution is -0.837. The van der Waals surface area contributed by atoms with Crippen LogP contribution in [0.15, 0.2) is 30.3 Å². The molecule has 1 aromatic carbocycles. The van der Waals surface area contributed by atoms with Crippen molar-refractivity contribution >= 4 is 18.8 Å². The number of halogens is 24. The molecule has 0 radical (unpaired) electrons. The minimum atomic E-state index is -13.7. The predicted molar refractivity (Wildman–Crippen MR) is 288 cm³/mol. The monoisotopic (exact) mass is 1300 g/mol. The Morgan fingerprint density at radius 2 is 0.624 bits per heavy atom. The zero-order chi connectivity index (χ0) is 66.3. The summed E-state index contributed by atoms with van der Waals surface area (Å²) < 4.78 is 380. The van der Waals surface area contributed by atoms with Crippen LogP contribution in [0.25, 0.3) is 0 Å². The van der Waals surface area contributed by atoms with Crippen molar-refractivity contribution in [1.29, 1.82) is 0 Å². The van der Waals surface area contributed by atoms with E-state index in [4.69, 9.17) is 0 Å². The Kier molecular flexibility index (Phi) is 34.2. The molecule has 0 amide bonds. The fourth-order valence-corrected chi connectivity index (χ4v) is 16.7.